The molecular weight excluding hydrogens is 194 g/mol. The second-order valence-electron chi connectivity index (χ2n) is 3.54. The van der Waals surface area contributed by atoms with E-state index in [1.165, 1.54) is 6.20 Å². The Kier molecular flexibility index (Phi) is 3.85. The number of aromatic nitrogens is 2. The van der Waals surface area contributed by atoms with Gasteiger partial charge in [0, 0.05) is 11.8 Å². The van der Waals surface area contributed by atoms with Crippen molar-refractivity contribution in [3.8, 4) is 0 Å². The minimum absolute atomic E-state index is 0.319. The fraction of sp³-hybridized carbons (Fsp3) is 0.600. The maximum Gasteiger partial charge on any atom is 0.325 e. The molecule has 1 aromatic rings. The summed E-state index contributed by atoms with van der Waals surface area (Å²) in [6.07, 6.45) is 5.19. The predicted molar refractivity (Wildman–Crippen MR) is 56.4 cm³/mol. The number of rotatable bonds is 5. The molecule has 0 aliphatic carbocycles. The molecule has 15 heavy (non-hydrogen) atoms. The van der Waals surface area contributed by atoms with Gasteiger partial charge in [0.2, 0.25) is 0 Å². The van der Waals surface area contributed by atoms with Crippen LogP contribution in [-0.2, 0) is 4.79 Å². The molecule has 0 amide bonds. The molecule has 0 saturated heterocycles. The summed E-state index contributed by atoms with van der Waals surface area (Å²) in [7, 11) is 0. The molecule has 5 heteroatoms. The zero-order valence-electron chi connectivity index (χ0n) is 9.05. The van der Waals surface area contributed by atoms with Gasteiger partial charge in [0.05, 0.1) is 12.2 Å². The molecule has 3 N–H and O–H groups in total. The average molecular weight is 211 g/mol. The van der Waals surface area contributed by atoms with Crippen molar-refractivity contribution in [3.63, 3.8) is 0 Å². The van der Waals surface area contributed by atoms with E-state index in [-0.39, 0.29) is 0 Å². The van der Waals surface area contributed by atoms with Crippen LogP contribution in [0.25, 0.3) is 0 Å². The molecule has 1 rings (SSSR count). The van der Waals surface area contributed by atoms with Gasteiger partial charge in [-0.1, -0.05) is 13.8 Å². The summed E-state index contributed by atoms with van der Waals surface area (Å²) in [6.45, 7) is 4.15. The summed E-state index contributed by atoms with van der Waals surface area (Å²) in [5.74, 6) is -1.03. The number of hydrogen-bond acceptors (Lipinski definition) is 3. The summed E-state index contributed by atoms with van der Waals surface area (Å²) < 4.78 is 1.79. The first kappa shape index (κ1) is 11.7. The standard InChI is InChI=1S/C10H17N3O2/c1-3-8(4-2)13-6-7(5-12-13)9(11)10(14)15/h5-6,8-9H,3-4,11H2,1-2H3,(H,14,15). The van der Waals surface area contributed by atoms with Gasteiger partial charge >= 0.3 is 5.97 Å². The van der Waals surface area contributed by atoms with E-state index in [1.54, 1.807) is 10.9 Å². The summed E-state index contributed by atoms with van der Waals surface area (Å²) in [6, 6.07) is -0.659. The van der Waals surface area contributed by atoms with Gasteiger partial charge in [0.15, 0.2) is 0 Å². The molecule has 0 aromatic carbocycles. The fourth-order valence-electron chi connectivity index (χ4n) is 1.52. The predicted octanol–water partition coefficient (Wildman–Crippen LogP) is 1.33. The third-order valence-corrected chi connectivity index (χ3v) is 2.56. The second-order valence-corrected chi connectivity index (χ2v) is 3.54. The van der Waals surface area contributed by atoms with Crippen LogP contribution >= 0.6 is 0 Å². The molecule has 0 aliphatic heterocycles. The van der Waals surface area contributed by atoms with Crippen molar-refractivity contribution in [1.82, 2.24) is 9.78 Å². The van der Waals surface area contributed by atoms with Gasteiger partial charge in [-0.2, -0.15) is 5.10 Å². The minimum atomic E-state index is -1.03. The van der Waals surface area contributed by atoms with Crippen molar-refractivity contribution in [2.24, 2.45) is 5.73 Å². The van der Waals surface area contributed by atoms with Gasteiger partial charge in [0.1, 0.15) is 6.04 Å². The first-order chi connectivity index (χ1) is 7.10. The molecule has 0 fully saturated rings. The first-order valence-corrected chi connectivity index (χ1v) is 5.12. The highest BCUT2D eigenvalue weighted by Gasteiger charge is 2.17. The number of nitrogens with two attached hydrogens (primary N) is 1. The van der Waals surface area contributed by atoms with Gasteiger partial charge in [-0.3, -0.25) is 9.48 Å². The van der Waals surface area contributed by atoms with E-state index < -0.39 is 12.0 Å². The maximum absolute atomic E-state index is 10.7. The van der Waals surface area contributed by atoms with Gasteiger partial charge in [0.25, 0.3) is 0 Å². The van der Waals surface area contributed by atoms with Crippen molar-refractivity contribution in [3.05, 3.63) is 18.0 Å². The van der Waals surface area contributed by atoms with Gasteiger partial charge in [-0.05, 0) is 12.8 Å². The SMILES string of the molecule is CCC(CC)n1cc(C(N)C(=O)O)cn1. The molecule has 1 aromatic heterocycles. The van der Waals surface area contributed by atoms with E-state index in [4.69, 9.17) is 10.8 Å². The molecule has 1 heterocycles. The Hall–Kier alpha value is -1.36. The highest BCUT2D eigenvalue weighted by molar-refractivity contribution is 5.74. The zero-order chi connectivity index (χ0) is 11.4. The molecule has 1 unspecified atom stereocenters. The normalized spacial score (nSPS) is 13.1. The van der Waals surface area contributed by atoms with Crippen molar-refractivity contribution >= 4 is 5.97 Å². The van der Waals surface area contributed by atoms with E-state index in [1.807, 2.05) is 0 Å². The lowest BCUT2D eigenvalue weighted by Gasteiger charge is -2.12. The van der Waals surface area contributed by atoms with E-state index in [0.717, 1.165) is 12.8 Å². The van der Waals surface area contributed by atoms with E-state index in [2.05, 4.69) is 18.9 Å². The van der Waals surface area contributed by atoms with Crippen LogP contribution in [-0.4, -0.2) is 20.9 Å². The Labute approximate surface area is 88.9 Å². The molecule has 1 atom stereocenters. The Morgan fingerprint density at radius 3 is 2.67 bits per heavy atom. The van der Waals surface area contributed by atoms with Gasteiger partial charge in [-0.25, -0.2) is 0 Å². The van der Waals surface area contributed by atoms with Crippen LogP contribution in [0, 0.1) is 0 Å². The Morgan fingerprint density at radius 1 is 1.60 bits per heavy atom. The van der Waals surface area contributed by atoms with Crippen molar-refractivity contribution in [2.75, 3.05) is 0 Å². The van der Waals surface area contributed by atoms with Crippen LogP contribution in [0.1, 0.15) is 44.3 Å². The lowest BCUT2D eigenvalue weighted by atomic mass is 10.1. The Balaban J connectivity index is 2.84. The highest BCUT2D eigenvalue weighted by Crippen LogP contribution is 2.17. The number of hydrogen-bond donors (Lipinski definition) is 2. The van der Waals surface area contributed by atoms with Crippen LogP contribution in [0.2, 0.25) is 0 Å². The minimum Gasteiger partial charge on any atom is -0.480 e. The van der Waals surface area contributed by atoms with Crippen LogP contribution < -0.4 is 5.73 Å². The lowest BCUT2D eigenvalue weighted by molar-refractivity contribution is -0.138. The van der Waals surface area contributed by atoms with Gasteiger partial charge in [-0.15, -0.1) is 0 Å². The number of aliphatic carboxylic acids is 1. The molecule has 5 nitrogen and oxygen atoms in total. The summed E-state index contributed by atoms with van der Waals surface area (Å²) in [4.78, 5) is 10.7. The topological polar surface area (TPSA) is 81.1 Å². The molecule has 0 spiro atoms. The third kappa shape index (κ3) is 2.56. The smallest absolute Gasteiger partial charge is 0.325 e. The summed E-state index contributed by atoms with van der Waals surface area (Å²) in [5.41, 5.74) is 6.03. The number of carboxylic acid groups (broad SMARTS) is 1. The number of carboxylic acids is 1. The van der Waals surface area contributed by atoms with Gasteiger partial charge < -0.3 is 10.8 Å². The second kappa shape index (κ2) is 4.93. The molecule has 0 radical (unpaired) electrons. The van der Waals surface area contributed by atoms with Crippen LogP contribution in [0.3, 0.4) is 0 Å². The highest BCUT2D eigenvalue weighted by atomic mass is 16.4. The summed E-state index contributed by atoms with van der Waals surface area (Å²) in [5, 5.41) is 12.9. The van der Waals surface area contributed by atoms with Crippen molar-refractivity contribution in [2.45, 2.75) is 38.8 Å². The van der Waals surface area contributed by atoms with E-state index in [9.17, 15) is 4.79 Å². The van der Waals surface area contributed by atoms with Crippen LogP contribution in [0.15, 0.2) is 12.4 Å². The molecule has 0 bridgehead atoms. The molecular formula is C10H17N3O2. The summed E-state index contributed by atoms with van der Waals surface area (Å²) >= 11 is 0. The first-order valence-electron chi connectivity index (χ1n) is 5.12. The van der Waals surface area contributed by atoms with Crippen molar-refractivity contribution in [1.29, 1.82) is 0 Å². The largest absolute Gasteiger partial charge is 0.480 e. The van der Waals surface area contributed by atoms with E-state index in [0.29, 0.717) is 11.6 Å². The molecule has 84 valence electrons. The van der Waals surface area contributed by atoms with Crippen molar-refractivity contribution < 1.29 is 9.90 Å². The quantitative estimate of drug-likeness (QED) is 0.769. The van der Waals surface area contributed by atoms with E-state index >= 15 is 0 Å². The third-order valence-electron chi connectivity index (χ3n) is 2.56. The van der Waals surface area contributed by atoms with Crippen LogP contribution in [0.4, 0.5) is 0 Å². The molecule has 0 saturated carbocycles. The monoisotopic (exact) mass is 211 g/mol. The zero-order valence-corrected chi connectivity index (χ0v) is 9.05. The number of nitrogens with zero attached hydrogens (tertiary/aromatic N) is 2. The maximum atomic E-state index is 10.7. The average Bonchev–Trinajstić information content (AvgIpc) is 2.67. The molecule has 0 aliphatic rings. The Bertz CT molecular complexity index is 331. The van der Waals surface area contributed by atoms with Crippen LogP contribution in [0.5, 0.6) is 0 Å². The number of carbonyl (C=O) groups is 1. The fourth-order valence-corrected chi connectivity index (χ4v) is 1.52. The Morgan fingerprint density at radius 2 is 2.20 bits per heavy atom. The lowest BCUT2D eigenvalue weighted by Crippen LogP contribution is -2.20.